The zero-order valence-electron chi connectivity index (χ0n) is 11.9. The van der Waals surface area contributed by atoms with E-state index in [2.05, 4.69) is 0 Å². The molecule has 0 heterocycles. The molecule has 0 aliphatic heterocycles. The van der Waals surface area contributed by atoms with Gasteiger partial charge in [-0.15, -0.1) is 0 Å². The van der Waals surface area contributed by atoms with Gasteiger partial charge < -0.3 is 0 Å². The van der Waals surface area contributed by atoms with Crippen LogP contribution in [-0.4, -0.2) is 8.42 Å². The van der Waals surface area contributed by atoms with Crippen molar-refractivity contribution in [1.29, 1.82) is 5.26 Å². The van der Waals surface area contributed by atoms with Crippen molar-refractivity contribution in [3.05, 3.63) is 70.1 Å². The standard InChI is InChI=1S/C17H15NO2S/c1-13-8-9-15(14(2)10-13)11-17(12-18)21(19,20)16-6-4-3-5-7-16/h3-11H,1-2H3/b17-11+. The van der Waals surface area contributed by atoms with Gasteiger partial charge in [0.2, 0.25) is 9.84 Å². The molecule has 0 aromatic heterocycles. The number of rotatable bonds is 3. The molecule has 3 nitrogen and oxygen atoms in total. The summed E-state index contributed by atoms with van der Waals surface area (Å²) in [6, 6.07) is 15.5. The van der Waals surface area contributed by atoms with E-state index in [-0.39, 0.29) is 9.80 Å². The molecule has 106 valence electrons. The van der Waals surface area contributed by atoms with Gasteiger partial charge in [-0.2, -0.15) is 5.26 Å². The predicted octanol–water partition coefficient (Wildman–Crippen LogP) is 3.64. The van der Waals surface area contributed by atoms with Crippen LogP contribution in [0.15, 0.2) is 58.3 Å². The Hall–Kier alpha value is -2.38. The van der Waals surface area contributed by atoms with Gasteiger partial charge in [0, 0.05) is 0 Å². The number of hydrogen-bond donors (Lipinski definition) is 0. The van der Waals surface area contributed by atoms with Crippen molar-refractivity contribution in [2.75, 3.05) is 0 Å². The molecular formula is C17H15NO2S. The quantitative estimate of drug-likeness (QED) is 0.813. The Morgan fingerprint density at radius 2 is 1.76 bits per heavy atom. The van der Waals surface area contributed by atoms with E-state index in [1.807, 2.05) is 32.0 Å². The molecule has 0 bridgehead atoms. The molecule has 2 rings (SSSR count). The minimum Gasteiger partial charge on any atom is -0.218 e. The van der Waals surface area contributed by atoms with E-state index in [9.17, 15) is 13.7 Å². The van der Waals surface area contributed by atoms with Crippen molar-refractivity contribution in [1.82, 2.24) is 0 Å². The molecule has 0 fully saturated rings. The molecule has 0 aliphatic carbocycles. The average molecular weight is 297 g/mol. The first-order valence-electron chi connectivity index (χ1n) is 6.44. The average Bonchev–Trinajstić information content (AvgIpc) is 2.47. The number of hydrogen-bond acceptors (Lipinski definition) is 3. The van der Waals surface area contributed by atoms with Gasteiger partial charge in [-0.25, -0.2) is 8.42 Å². The monoisotopic (exact) mass is 297 g/mol. The second kappa shape index (κ2) is 5.94. The Bertz CT molecular complexity index is 829. The summed E-state index contributed by atoms with van der Waals surface area (Å²) in [5, 5.41) is 9.23. The molecule has 0 saturated heterocycles. The summed E-state index contributed by atoms with van der Waals surface area (Å²) in [5.41, 5.74) is 2.76. The van der Waals surface area contributed by atoms with Gasteiger partial charge in [0.1, 0.15) is 11.0 Å². The SMILES string of the molecule is Cc1ccc(/C=C(\C#N)S(=O)(=O)c2ccccc2)c(C)c1. The molecule has 0 amide bonds. The summed E-state index contributed by atoms with van der Waals surface area (Å²) in [6.45, 7) is 3.86. The number of nitrogens with zero attached hydrogens (tertiary/aromatic N) is 1. The van der Waals surface area contributed by atoms with Crippen molar-refractivity contribution in [3.8, 4) is 6.07 Å². The summed E-state index contributed by atoms with van der Waals surface area (Å²) in [5.74, 6) is 0. The highest BCUT2D eigenvalue weighted by atomic mass is 32.2. The van der Waals surface area contributed by atoms with Crippen molar-refractivity contribution in [3.63, 3.8) is 0 Å². The first-order chi connectivity index (χ1) is 9.95. The maximum Gasteiger partial charge on any atom is 0.216 e. The number of benzene rings is 2. The van der Waals surface area contributed by atoms with Crippen LogP contribution in [0.4, 0.5) is 0 Å². The van der Waals surface area contributed by atoms with Gasteiger partial charge in [0.15, 0.2) is 0 Å². The van der Waals surface area contributed by atoms with Gasteiger partial charge in [0.25, 0.3) is 0 Å². The zero-order chi connectivity index (χ0) is 15.5. The molecule has 2 aromatic rings. The molecule has 0 radical (unpaired) electrons. The summed E-state index contributed by atoms with van der Waals surface area (Å²) in [6.07, 6.45) is 1.43. The Balaban J connectivity index is 2.54. The van der Waals surface area contributed by atoms with Crippen LogP contribution in [0.5, 0.6) is 0 Å². The Morgan fingerprint density at radius 1 is 1.10 bits per heavy atom. The van der Waals surface area contributed by atoms with E-state index in [0.717, 1.165) is 16.7 Å². The largest absolute Gasteiger partial charge is 0.218 e. The first kappa shape index (κ1) is 15.0. The van der Waals surface area contributed by atoms with Crippen LogP contribution in [0, 0.1) is 25.2 Å². The van der Waals surface area contributed by atoms with Gasteiger partial charge in [-0.3, -0.25) is 0 Å². The number of allylic oxidation sites excluding steroid dienone is 1. The van der Waals surface area contributed by atoms with Crippen LogP contribution < -0.4 is 0 Å². The lowest BCUT2D eigenvalue weighted by Crippen LogP contribution is -2.03. The smallest absolute Gasteiger partial charge is 0.216 e. The number of nitriles is 1. The third-order valence-corrected chi connectivity index (χ3v) is 4.85. The summed E-state index contributed by atoms with van der Waals surface area (Å²) in [4.78, 5) is -0.122. The molecule has 0 atom stereocenters. The molecule has 0 spiro atoms. The van der Waals surface area contributed by atoms with Crippen LogP contribution in [0.25, 0.3) is 6.08 Å². The maximum absolute atomic E-state index is 12.5. The van der Waals surface area contributed by atoms with Crippen LogP contribution in [-0.2, 0) is 9.84 Å². The second-order valence-corrected chi connectivity index (χ2v) is 6.72. The Labute approximate surface area is 125 Å². The van der Waals surface area contributed by atoms with Crippen molar-refractivity contribution in [2.24, 2.45) is 0 Å². The Kier molecular flexibility index (Phi) is 4.25. The van der Waals surface area contributed by atoms with Crippen molar-refractivity contribution < 1.29 is 8.42 Å². The number of sulfone groups is 1. The van der Waals surface area contributed by atoms with E-state index < -0.39 is 9.84 Å². The fourth-order valence-corrected chi connectivity index (χ4v) is 3.20. The second-order valence-electron chi connectivity index (χ2n) is 4.80. The zero-order valence-corrected chi connectivity index (χ0v) is 12.7. The highest BCUT2D eigenvalue weighted by molar-refractivity contribution is 7.95. The van der Waals surface area contributed by atoms with E-state index in [0.29, 0.717) is 0 Å². The molecule has 0 aliphatic rings. The topological polar surface area (TPSA) is 57.9 Å². The highest BCUT2D eigenvalue weighted by Crippen LogP contribution is 2.22. The Morgan fingerprint density at radius 3 is 2.33 bits per heavy atom. The van der Waals surface area contributed by atoms with E-state index >= 15 is 0 Å². The van der Waals surface area contributed by atoms with E-state index in [1.165, 1.54) is 18.2 Å². The third-order valence-electron chi connectivity index (χ3n) is 3.17. The molecule has 2 aromatic carbocycles. The summed E-state index contributed by atoms with van der Waals surface area (Å²) >= 11 is 0. The summed E-state index contributed by atoms with van der Waals surface area (Å²) in [7, 11) is -3.78. The van der Waals surface area contributed by atoms with Crippen LogP contribution >= 0.6 is 0 Å². The molecule has 4 heteroatoms. The fourth-order valence-electron chi connectivity index (χ4n) is 2.03. The highest BCUT2D eigenvalue weighted by Gasteiger charge is 2.20. The lowest BCUT2D eigenvalue weighted by Gasteiger charge is -2.05. The fraction of sp³-hybridized carbons (Fsp3) is 0.118. The van der Waals surface area contributed by atoms with Crippen LogP contribution in [0.1, 0.15) is 16.7 Å². The molecule has 0 N–H and O–H groups in total. The molecule has 21 heavy (non-hydrogen) atoms. The van der Waals surface area contributed by atoms with Gasteiger partial charge in [-0.1, -0.05) is 42.0 Å². The molecule has 0 unspecified atom stereocenters. The maximum atomic E-state index is 12.5. The van der Waals surface area contributed by atoms with Gasteiger partial charge >= 0.3 is 0 Å². The lowest BCUT2D eigenvalue weighted by molar-refractivity contribution is 0.603. The van der Waals surface area contributed by atoms with Crippen LogP contribution in [0.2, 0.25) is 0 Å². The normalized spacial score (nSPS) is 12.0. The summed E-state index contributed by atoms with van der Waals surface area (Å²) < 4.78 is 24.9. The molecular weight excluding hydrogens is 282 g/mol. The van der Waals surface area contributed by atoms with Crippen molar-refractivity contribution >= 4 is 15.9 Å². The molecule has 0 saturated carbocycles. The lowest BCUT2D eigenvalue weighted by atomic mass is 10.1. The van der Waals surface area contributed by atoms with Crippen LogP contribution in [0.3, 0.4) is 0 Å². The van der Waals surface area contributed by atoms with E-state index in [1.54, 1.807) is 24.3 Å². The van der Waals surface area contributed by atoms with Crippen molar-refractivity contribution in [2.45, 2.75) is 18.7 Å². The first-order valence-corrected chi connectivity index (χ1v) is 7.92. The number of aryl methyl sites for hydroxylation is 2. The predicted molar refractivity (Wildman–Crippen MR) is 83.1 cm³/mol. The van der Waals surface area contributed by atoms with Gasteiger partial charge in [-0.05, 0) is 43.2 Å². The minimum absolute atomic E-state index is 0.127. The van der Waals surface area contributed by atoms with E-state index in [4.69, 9.17) is 0 Å². The van der Waals surface area contributed by atoms with Gasteiger partial charge in [0.05, 0.1) is 4.90 Å². The third kappa shape index (κ3) is 3.21. The minimum atomic E-state index is -3.78.